The fourth-order valence-electron chi connectivity index (χ4n) is 1.63. The van der Waals surface area contributed by atoms with Crippen LogP contribution in [0.2, 0.25) is 5.02 Å². The molecule has 1 heterocycles. The van der Waals surface area contributed by atoms with Crippen molar-refractivity contribution in [1.29, 1.82) is 0 Å². The molecule has 0 radical (unpaired) electrons. The quantitative estimate of drug-likeness (QED) is 0.726. The molecule has 2 aromatic carbocycles. The Morgan fingerprint density at radius 2 is 2.00 bits per heavy atom. The van der Waals surface area contributed by atoms with Crippen LogP contribution in [0.5, 0.6) is 0 Å². The van der Waals surface area contributed by atoms with Gasteiger partial charge in [0.1, 0.15) is 5.82 Å². The molecular formula is C13H8ClFN2S. The van der Waals surface area contributed by atoms with E-state index in [0.29, 0.717) is 15.8 Å². The molecule has 0 spiro atoms. The zero-order chi connectivity index (χ0) is 12.5. The molecule has 0 unspecified atom stereocenters. The van der Waals surface area contributed by atoms with Gasteiger partial charge in [-0.15, -0.1) is 0 Å². The summed E-state index contributed by atoms with van der Waals surface area (Å²) in [6.07, 6.45) is 0. The standard InChI is InChI=1S/C13H8ClFN2S/c14-8-5-6-11-12(7-8)18-13(17-11)16-10-4-2-1-3-9(10)15/h1-7H,(H,16,17). The van der Waals surface area contributed by atoms with Crippen LogP contribution in [0.1, 0.15) is 0 Å². The summed E-state index contributed by atoms with van der Waals surface area (Å²) >= 11 is 7.35. The van der Waals surface area contributed by atoms with Crippen molar-refractivity contribution in [3.63, 3.8) is 0 Å². The first kappa shape index (κ1) is 11.4. The summed E-state index contributed by atoms with van der Waals surface area (Å²) in [4.78, 5) is 4.37. The third kappa shape index (κ3) is 2.17. The molecule has 3 rings (SSSR count). The van der Waals surface area contributed by atoms with Gasteiger partial charge in [0.25, 0.3) is 0 Å². The van der Waals surface area contributed by atoms with Gasteiger partial charge in [0.2, 0.25) is 0 Å². The number of para-hydroxylation sites is 1. The highest BCUT2D eigenvalue weighted by molar-refractivity contribution is 7.22. The van der Waals surface area contributed by atoms with Crippen LogP contribution in [0.4, 0.5) is 15.2 Å². The van der Waals surface area contributed by atoms with Crippen LogP contribution in [-0.2, 0) is 0 Å². The largest absolute Gasteiger partial charge is 0.329 e. The Morgan fingerprint density at radius 1 is 1.17 bits per heavy atom. The highest BCUT2D eigenvalue weighted by atomic mass is 35.5. The molecule has 5 heteroatoms. The van der Waals surface area contributed by atoms with Gasteiger partial charge in [-0.25, -0.2) is 9.37 Å². The second kappa shape index (κ2) is 4.55. The molecule has 0 saturated heterocycles. The highest BCUT2D eigenvalue weighted by Crippen LogP contribution is 2.30. The van der Waals surface area contributed by atoms with E-state index in [2.05, 4.69) is 10.3 Å². The first-order valence-corrected chi connectivity index (χ1v) is 6.49. The minimum atomic E-state index is -0.296. The smallest absolute Gasteiger partial charge is 0.188 e. The van der Waals surface area contributed by atoms with Crippen LogP contribution in [0, 0.1) is 5.82 Å². The fourth-order valence-corrected chi connectivity index (χ4v) is 2.78. The maximum Gasteiger partial charge on any atom is 0.188 e. The molecule has 18 heavy (non-hydrogen) atoms. The second-order valence-electron chi connectivity index (χ2n) is 3.74. The molecule has 0 atom stereocenters. The van der Waals surface area contributed by atoms with E-state index >= 15 is 0 Å². The normalized spacial score (nSPS) is 10.8. The van der Waals surface area contributed by atoms with Crippen LogP contribution >= 0.6 is 22.9 Å². The van der Waals surface area contributed by atoms with E-state index < -0.39 is 0 Å². The molecule has 0 bridgehead atoms. The number of fused-ring (bicyclic) bond motifs is 1. The first-order valence-electron chi connectivity index (χ1n) is 5.30. The SMILES string of the molecule is Fc1ccccc1Nc1nc2ccc(Cl)cc2s1. The molecule has 0 aliphatic carbocycles. The van der Waals surface area contributed by atoms with Gasteiger partial charge < -0.3 is 5.32 Å². The zero-order valence-electron chi connectivity index (χ0n) is 9.15. The summed E-state index contributed by atoms with van der Waals surface area (Å²) < 4.78 is 14.5. The van der Waals surface area contributed by atoms with Gasteiger partial charge in [-0.1, -0.05) is 35.1 Å². The van der Waals surface area contributed by atoms with Crippen molar-refractivity contribution in [1.82, 2.24) is 4.98 Å². The minimum Gasteiger partial charge on any atom is -0.329 e. The van der Waals surface area contributed by atoms with E-state index in [9.17, 15) is 4.39 Å². The summed E-state index contributed by atoms with van der Waals surface area (Å²) in [7, 11) is 0. The predicted molar refractivity (Wildman–Crippen MR) is 74.3 cm³/mol. The second-order valence-corrected chi connectivity index (χ2v) is 5.20. The maximum absolute atomic E-state index is 13.5. The van der Waals surface area contributed by atoms with Crippen molar-refractivity contribution in [2.24, 2.45) is 0 Å². The van der Waals surface area contributed by atoms with Gasteiger partial charge in [0.15, 0.2) is 5.13 Å². The van der Waals surface area contributed by atoms with Gasteiger partial charge in [-0.2, -0.15) is 0 Å². The fraction of sp³-hybridized carbons (Fsp3) is 0. The maximum atomic E-state index is 13.5. The average molecular weight is 279 g/mol. The molecule has 0 amide bonds. The van der Waals surface area contributed by atoms with Crippen molar-refractivity contribution >= 4 is 44.0 Å². The lowest BCUT2D eigenvalue weighted by Gasteiger charge is -2.02. The number of hydrogen-bond acceptors (Lipinski definition) is 3. The number of nitrogens with one attached hydrogen (secondary N) is 1. The lowest BCUT2D eigenvalue weighted by atomic mass is 10.3. The van der Waals surface area contributed by atoms with Crippen molar-refractivity contribution in [2.75, 3.05) is 5.32 Å². The van der Waals surface area contributed by atoms with E-state index in [0.717, 1.165) is 10.2 Å². The van der Waals surface area contributed by atoms with Crippen molar-refractivity contribution in [3.8, 4) is 0 Å². The lowest BCUT2D eigenvalue weighted by Crippen LogP contribution is -1.91. The molecule has 2 nitrogen and oxygen atoms in total. The molecule has 0 aliphatic heterocycles. The zero-order valence-corrected chi connectivity index (χ0v) is 10.7. The molecule has 1 aromatic heterocycles. The van der Waals surface area contributed by atoms with Gasteiger partial charge in [-0.05, 0) is 30.3 Å². The molecule has 0 aliphatic rings. The van der Waals surface area contributed by atoms with Gasteiger partial charge >= 0.3 is 0 Å². The Balaban J connectivity index is 1.98. The third-order valence-corrected chi connectivity index (χ3v) is 3.63. The lowest BCUT2D eigenvalue weighted by molar-refractivity contribution is 0.632. The first-order chi connectivity index (χ1) is 8.72. The molecule has 90 valence electrons. The topological polar surface area (TPSA) is 24.9 Å². The monoisotopic (exact) mass is 278 g/mol. The molecular weight excluding hydrogens is 271 g/mol. The summed E-state index contributed by atoms with van der Waals surface area (Å²) in [5.41, 5.74) is 1.27. The number of hydrogen-bond donors (Lipinski definition) is 1. The van der Waals surface area contributed by atoms with Crippen LogP contribution in [0.15, 0.2) is 42.5 Å². The van der Waals surface area contributed by atoms with Crippen molar-refractivity contribution < 1.29 is 4.39 Å². The van der Waals surface area contributed by atoms with Crippen LogP contribution in [0.3, 0.4) is 0 Å². The van der Waals surface area contributed by atoms with E-state index in [4.69, 9.17) is 11.6 Å². The number of rotatable bonds is 2. The number of aromatic nitrogens is 1. The average Bonchev–Trinajstić information content (AvgIpc) is 2.73. The van der Waals surface area contributed by atoms with Crippen LogP contribution < -0.4 is 5.32 Å². The summed E-state index contributed by atoms with van der Waals surface area (Å²) in [5, 5.41) is 4.29. The van der Waals surface area contributed by atoms with Gasteiger partial charge in [-0.3, -0.25) is 0 Å². The van der Waals surface area contributed by atoms with E-state index in [1.165, 1.54) is 17.4 Å². The number of thiazole rings is 1. The predicted octanol–water partition coefficient (Wildman–Crippen LogP) is 4.83. The molecule has 0 saturated carbocycles. The number of nitrogens with zero attached hydrogens (tertiary/aromatic N) is 1. The Bertz CT molecular complexity index is 711. The summed E-state index contributed by atoms with van der Waals surface area (Å²) in [6.45, 7) is 0. The Labute approximate surface area is 112 Å². The van der Waals surface area contributed by atoms with Gasteiger partial charge in [0.05, 0.1) is 15.9 Å². The molecule has 3 aromatic rings. The van der Waals surface area contributed by atoms with Crippen molar-refractivity contribution in [2.45, 2.75) is 0 Å². The third-order valence-electron chi connectivity index (χ3n) is 2.47. The number of halogens is 2. The Morgan fingerprint density at radius 3 is 2.83 bits per heavy atom. The molecule has 1 N–H and O–H groups in total. The molecule has 0 fully saturated rings. The van der Waals surface area contributed by atoms with E-state index in [-0.39, 0.29) is 5.82 Å². The Kier molecular flexibility index (Phi) is 2.89. The van der Waals surface area contributed by atoms with Gasteiger partial charge in [0, 0.05) is 5.02 Å². The summed E-state index contributed by atoms with van der Waals surface area (Å²) in [6, 6.07) is 12.0. The minimum absolute atomic E-state index is 0.296. The van der Waals surface area contributed by atoms with E-state index in [1.54, 1.807) is 24.3 Å². The van der Waals surface area contributed by atoms with E-state index in [1.807, 2.05) is 12.1 Å². The number of benzene rings is 2. The highest BCUT2D eigenvalue weighted by Gasteiger charge is 2.06. The Hall–Kier alpha value is -1.65. The van der Waals surface area contributed by atoms with Crippen LogP contribution in [0.25, 0.3) is 10.2 Å². The summed E-state index contributed by atoms with van der Waals surface area (Å²) in [5.74, 6) is -0.296. The van der Waals surface area contributed by atoms with Crippen molar-refractivity contribution in [3.05, 3.63) is 53.3 Å². The van der Waals surface area contributed by atoms with Crippen LogP contribution in [-0.4, -0.2) is 4.98 Å². The number of anilines is 2.